The first-order chi connectivity index (χ1) is 11.9. The number of nitrogens with zero attached hydrogens (tertiary/aromatic N) is 2. The van der Waals surface area contributed by atoms with Gasteiger partial charge in [-0.25, -0.2) is 8.78 Å². The lowest BCUT2D eigenvalue weighted by molar-refractivity contribution is 0.189. The average Bonchev–Trinajstić information content (AvgIpc) is 2.59. The molecule has 0 unspecified atom stereocenters. The zero-order valence-electron chi connectivity index (χ0n) is 15.6. The largest absolute Gasteiger partial charge is 0.374 e. The Hall–Kier alpha value is -1.68. The van der Waals surface area contributed by atoms with Crippen molar-refractivity contribution in [3.63, 3.8) is 0 Å². The summed E-state index contributed by atoms with van der Waals surface area (Å²) >= 11 is 6.19. The van der Waals surface area contributed by atoms with Crippen molar-refractivity contribution >= 4 is 17.2 Å². The Bertz CT molecular complexity index is 663. The highest BCUT2D eigenvalue weighted by Gasteiger charge is 2.16. The SMILES string of the molecule is C/C(=C\C1=C(/C=C(\C)C(F)F)N(C)CCC1)c1ccncc1Cl.CC. The summed E-state index contributed by atoms with van der Waals surface area (Å²) in [6.07, 6.45) is 6.38. The lowest BCUT2D eigenvalue weighted by atomic mass is 9.97. The van der Waals surface area contributed by atoms with Crippen LogP contribution in [0.1, 0.15) is 46.1 Å². The van der Waals surface area contributed by atoms with Crippen LogP contribution in [0.2, 0.25) is 5.02 Å². The number of hydrogen-bond acceptors (Lipinski definition) is 2. The first-order valence-corrected chi connectivity index (χ1v) is 8.96. The van der Waals surface area contributed by atoms with Crippen molar-refractivity contribution in [3.8, 4) is 0 Å². The van der Waals surface area contributed by atoms with Crippen LogP contribution >= 0.6 is 11.6 Å². The van der Waals surface area contributed by atoms with E-state index in [0.29, 0.717) is 5.02 Å². The summed E-state index contributed by atoms with van der Waals surface area (Å²) in [5.74, 6) is 0. The molecule has 1 aliphatic heterocycles. The van der Waals surface area contributed by atoms with E-state index in [1.807, 2.05) is 44.9 Å². The average molecular weight is 369 g/mol. The van der Waals surface area contributed by atoms with Crippen molar-refractivity contribution in [3.05, 3.63) is 58.0 Å². The van der Waals surface area contributed by atoms with Gasteiger partial charge in [-0.3, -0.25) is 4.98 Å². The molecule has 0 radical (unpaired) electrons. The summed E-state index contributed by atoms with van der Waals surface area (Å²) in [7, 11) is 1.94. The van der Waals surface area contributed by atoms with Gasteiger partial charge in [-0.2, -0.15) is 0 Å². The predicted octanol–water partition coefficient (Wildman–Crippen LogP) is 6.36. The number of hydrogen-bond donors (Lipinski definition) is 0. The molecule has 2 rings (SSSR count). The zero-order valence-corrected chi connectivity index (χ0v) is 16.4. The minimum atomic E-state index is -2.43. The van der Waals surface area contributed by atoms with E-state index in [2.05, 4.69) is 4.98 Å². The van der Waals surface area contributed by atoms with Crippen LogP contribution in [0.25, 0.3) is 5.57 Å². The number of pyridine rings is 1. The molecule has 0 aliphatic carbocycles. The number of alkyl halides is 2. The quantitative estimate of drug-likeness (QED) is 0.615. The maximum Gasteiger partial charge on any atom is 0.260 e. The second-order valence-corrected chi connectivity index (χ2v) is 6.21. The molecule has 0 amide bonds. The Balaban J connectivity index is 0.00000151. The topological polar surface area (TPSA) is 16.1 Å². The molecule has 0 N–H and O–H groups in total. The second kappa shape index (κ2) is 10.3. The van der Waals surface area contributed by atoms with Crippen LogP contribution in [-0.2, 0) is 0 Å². The third-order valence-corrected chi connectivity index (χ3v) is 4.28. The number of halogens is 3. The van der Waals surface area contributed by atoms with E-state index < -0.39 is 6.43 Å². The molecule has 0 saturated carbocycles. The van der Waals surface area contributed by atoms with E-state index in [1.54, 1.807) is 18.5 Å². The van der Waals surface area contributed by atoms with Crippen LogP contribution in [-0.4, -0.2) is 29.9 Å². The minimum Gasteiger partial charge on any atom is -0.374 e. The molecular formula is C20H27ClF2N2. The third kappa shape index (κ3) is 5.96. The summed E-state index contributed by atoms with van der Waals surface area (Å²) in [4.78, 5) is 6.02. The van der Waals surface area contributed by atoms with Gasteiger partial charge < -0.3 is 4.90 Å². The predicted molar refractivity (Wildman–Crippen MR) is 103 cm³/mol. The van der Waals surface area contributed by atoms with Crippen molar-refractivity contribution in [2.24, 2.45) is 0 Å². The Morgan fingerprint density at radius 2 is 1.96 bits per heavy atom. The number of rotatable bonds is 4. The minimum absolute atomic E-state index is 0.0826. The molecule has 2 heterocycles. The molecule has 0 spiro atoms. The molecule has 1 aromatic heterocycles. The lowest BCUT2D eigenvalue weighted by Crippen LogP contribution is -2.24. The maximum absolute atomic E-state index is 12.9. The molecule has 2 nitrogen and oxygen atoms in total. The van der Waals surface area contributed by atoms with Gasteiger partial charge in [0, 0.05) is 31.7 Å². The summed E-state index contributed by atoms with van der Waals surface area (Å²) in [6.45, 7) is 8.31. The van der Waals surface area contributed by atoms with Crippen LogP contribution in [0.4, 0.5) is 8.78 Å². The van der Waals surface area contributed by atoms with Crippen molar-refractivity contribution < 1.29 is 8.78 Å². The van der Waals surface area contributed by atoms with E-state index in [0.717, 1.165) is 41.8 Å². The van der Waals surface area contributed by atoms with E-state index in [1.165, 1.54) is 6.92 Å². The molecule has 5 heteroatoms. The van der Waals surface area contributed by atoms with Crippen LogP contribution in [0.15, 0.2) is 47.5 Å². The lowest BCUT2D eigenvalue weighted by Gasteiger charge is -2.28. The van der Waals surface area contributed by atoms with E-state index in [-0.39, 0.29) is 5.57 Å². The standard InChI is InChI=1S/C18H21ClF2N2.C2H6/c1-12(15-6-7-22-11-16(15)19)9-14-5-4-8-23(3)17(14)10-13(2)18(20)21;1-2/h6-7,9-11,18H,4-5,8H2,1-3H3;1-2H3/b12-9+,13-10+;. The molecule has 138 valence electrons. The van der Waals surface area contributed by atoms with Gasteiger partial charge in [0.15, 0.2) is 0 Å². The van der Waals surface area contributed by atoms with Crippen molar-refractivity contribution in [1.82, 2.24) is 9.88 Å². The maximum atomic E-state index is 12.9. The molecule has 0 fully saturated rings. The second-order valence-electron chi connectivity index (χ2n) is 5.81. The van der Waals surface area contributed by atoms with E-state index >= 15 is 0 Å². The monoisotopic (exact) mass is 368 g/mol. The fourth-order valence-corrected chi connectivity index (χ4v) is 2.93. The fraction of sp³-hybridized carbons (Fsp3) is 0.450. The van der Waals surface area contributed by atoms with Crippen LogP contribution in [0, 0.1) is 0 Å². The number of allylic oxidation sites excluding steroid dienone is 5. The van der Waals surface area contributed by atoms with Crippen LogP contribution < -0.4 is 0 Å². The van der Waals surface area contributed by atoms with Gasteiger partial charge in [-0.1, -0.05) is 31.5 Å². The van der Waals surface area contributed by atoms with Gasteiger partial charge in [0.25, 0.3) is 6.43 Å². The third-order valence-electron chi connectivity index (χ3n) is 3.98. The fourth-order valence-electron chi connectivity index (χ4n) is 2.66. The number of likely N-dealkylation sites (N-methyl/N-ethyl adjacent to an activating group) is 1. The smallest absolute Gasteiger partial charge is 0.260 e. The zero-order chi connectivity index (χ0) is 19.0. The first kappa shape index (κ1) is 21.4. The first-order valence-electron chi connectivity index (χ1n) is 8.59. The van der Waals surface area contributed by atoms with E-state index in [4.69, 9.17) is 11.6 Å². The summed E-state index contributed by atoms with van der Waals surface area (Å²) in [5, 5.41) is 0.590. The molecular weight excluding hydrogens is 342 g/mol. The Morgan fingerprint density at radius 1 is 1.28 bits per heavy atom. The highest BCUT2D eigenvalue weighted by Crippen LogP contribution is 2.29. The van der Waals surface area contributed by atoms with Gasteiger partial charge in [-0.15, -0.1) is 0 Å². The molecule has 0 atom stereocenters. The Labute approximate surface area is 154 Å². The molecule has 1 aromatic rings. The molecule has 0 aromatic carbocycles. The van der Waals surface area contributed by atoms with E-state index in [9.17, 15) is 8.78 Å². The molecule has 1 aliphatic rings. The Morgan fingerprint density at radius 3 is 2.56 bits per heavy atom. The van der Waals surface area contributed by atoms with Gasteiger partial charge >= 0.3 is 0 Å². The molecule has 25 heavy (non-hydrogen) atoms. The van der Waals surface area contributed by atoms with Crippen LogP contribution in [0.5, 0.6) is 0 Å². The van der Waals surface area contributed by atoms with Crippen molar-refractivity contribution in [2.75, 3.05) is 13.6 Å². The summed E-state index contributed by atoms with van der Waals surface area (Å²) in [6, 6.07) is 1.86. The van der Waals surface area contributed by atoms with Gasteiger partial charge in [-0.05, 0) is 61.1 Å². The normalized spacial score (nSPS) is 16.1. The van der Waals surface area contributed by atoms with Crippen molar-refractivity contribution in [1.29, 1.82) is 0 Å². The van der Waals surface area contributed by atoms with Crippen LogP contribution in [0.3, 0.4) is 0 Å². The van der Waals surface area contributed by atoms with Gasteiger partial charge in [0.1, 0.15) is 0 Å². The summed E-state index contributed by atoms with van der Waals surface area (Å²) < 4.78 is 25.7. The Kier molecular flexibility index (Phi) is 8.84. The highest BCUT2D eigenvalue weighted by atomic mass is 35.5. The molecule has 0 saturated heterocycles. The van der Waals surface area contributed by atoms with Crippen molar-refractivity contribution in [2.45, 2.75) is 47.0 Å². The van der Waals surface area contributed by atoms with Gasteiger partial charge in [0.05, 0.1) is 5.02 Å². The van der Waals surface area contributed by atoms with Gasteiger partial charge in [0.2, 0.25) is 0 Å². The number of aromatic nitrogens is 1. The summed E-state index contributed by atoms with van der Waals surface area (Å²) in [5.41, 5.74) is 3.92. The highest BCUT2D eigenvalue weighted by molar-refractivity contribution is 6.32. The molecule has 0 bridgehead atoms.